The van der Waals surface area contributed by atoms with Crippen molar-refractivity contribution in [3.8, 4) is 0 Å². The molecule has 1 heterocycles. The Morgan fingerprint density at radius 1 is 1.26 bits per heavy atom. The van der Waals surface area contributed by atoms with Crippen LogP contribution in [0.5, 0.6) is 0 Å². The lowest BCUT2D eigenvalue weighted by molar-refractivity contribution is -0.139. The largest absolute Gasteiger partial charge is 0.469 e. The van der Waals surface area contributed by atoms with Gasteiger partial charge in [-0.1, -0.05) is 30.3 Å². The molecule has 3 nitrogen and oxygen atoms in total. The summed E-state index contributed by atoms with van der Waals surface area (Å²) in [6.45, 7) is 0. The second kappa shape index (κ2) is 4.70. The summed E-state index contributed by atoms with van der Waals surface area (Å²) >= 11 is 3.38. The normalized spacial score (nSPS) is 11.1. The third-order valence-electron chi connectivity index (χ3n) is 3.18. The molecule has 0 amide bonds. The molecule has 0 N–H and O–H groups in total. The predicted molar refractivity (Wildman–Crippen MR) is 77.1 cm³/mol. The lowest BCUT2D eigenvalue weighted by Crippen LogP contribution is -2.04. The summed E-state index contributed by atoms with van der Waals surface area (Å²) in [5, 5.41) is 3.16. The Balaban J connectivity index is 2.33. The molecule has 2 aromatic carbocycles. The van der Waals surface area contributed by atoms with E-state index in [0.29, 0.717) is 4.67 Å². The fourth-order valence-electron chi connectivity index (χ4n) is 2.28. The molecule has 4 heteroatoms. The molecule has 0 bridgehead atoms. The SMILES string of the molecule is COC(=O)Cc1c(Br)oc2ccc3ccccc3c12. The van der Waals surface area contributed by atoms with Gasteiger partial charge in [-0.3, -0.25) is 4.79 Å². The smallest absolute Gasteiger partial charge is 0.310 e. The van der Waals surface area contributed by atoms with Crippen molar-refractivity contribution in [3.63, 3.8) is 0 Å². The highest BCUT2D eigenvalue weighted by Crippen LogP contribution is 2.35. The maximum absolute atomic E-state index is 11.5. The van der Waals surface area contributed by atoms with Crippen molar-refractivity contribution in [1.29, 1.82) is 0 Å². The van der Waals surface area contributed by atoms with Crippen LogP contribution in [0.25, 0.3) is 21.7 Å². The van der Waals surface area contributed by atoms with Crippen molar-refractivity contribution in [2.75, 3.05) is 7.11 Å². The number of ether oxygens (including phenoxy) is 1. The van der Waals surface area contributed by atoms with E-state index in [0.717, 1.165) is 27.3 Å². The summed E-state index contributed by atoms with van der Waals surface area (Å²) in [5.74, 6) is -0.281. The van der Waals surface area contributed by atoms with Gasteiger partial charge >= 0.3 is 5.97 Å². The van der Waals surface area contributed by atoms with Crippen LogP contribution in [0, 0.1) is 0 Å². The van der Waals surface area contributed by atoms with Crippen LogP contribution in [0.2, 0.25) is 0 Å². The van der Waals surface area contributed by atoms with Gasteiger partial charge in [0.15, 0.2) is 4.67 Å². The highest BCUT2D eigenvalue weighted by Gasteiger charge is 2.17. The maximum atomic E-state index is 11.5. The average Bonchev–Trinajstić information content (AvgIpc) is 2.75. The van der Waals surface area contributed by atoms with E-state index < -0.39 is 0 Å². The first-order chi connectivity index (χ1) is 9.20. The third kappa shape index (κ3) is 2.02. The number of carbonyl (C=O) groups excluding carboxylic acids is 1. The zero-order valence-electron chi connectivity index (χ0n) is 10.3. The summed E-state index contributed by atoms with van der Waals surface area (Å²) in [5.41, 5.74) is 1.60. The number of hydrogen-bond donors (Lipinski definition) is 0. The molecule has 0 atom stereocenters. The minimum atomic E-state index is -0.281. The number of carbonyl (C=O) groups is 1. The van der Waals surface area contributed by atoms with Crippen LogP contribution in [0.3, 0.4) is 0 Å². The number of halogens is 1. The summed E-state index contributed by atoms with van der Waals surface area (Å²) in [6, 6.07) is 12.0. The van der Waals surface area contributed by atoms with Crippen LogP contribution >= 0.6 is 15.9 Å². The Hall–Kier alpha value is -1.81. The molecule has 0 aliphatic rings. The van der Waals surface area contributed by atoms with Gasteiger partial charge in [-0.15, -0.1) is 0 Å². The quantitative estimate of drug-likeness (QED) is 0.669. The van der Waals surface area contributed by atoms with E-state index in [1.54, 1.807) is 0 Å². The van der Waals surface area contributed by atoms with E-state index in [-0.39, 0.29) is 12.4 Å². The molecular weight excluding hydrogens is 308 g/mol. The van der Waals surface area contributed by atoms with Gasteiger partial charge in [-0.2, -0.15) is 0 Å². The highest BCUT2D eigenvalue weighted by atomic mass is 79.9. The van der Waals surface area contributed by atoms with Crippen molar-refractivity contribution in [2.45, 2.75) is 6.42 Å². The molecule has 0 fully saturated rings. The number of methoxy groups -OCH3 is 1. The molecule has 0 unspecified atom stereocenters. The van der Waals surface area contributed by atoms with Gasteiger partial charge in [0.2, 0.25) is 0 Å². The molecule has 0 saturated heterocycles. The first kappa shape index (κ1) is 12.2. The Morgan fingerprint density at radius 3 is 2.84 bits per heavy atom. The van der Waals surface area contributed by atoms with E-state index >= 15 is 0 Å². The first-order valence-corrected chi connectivity index (χ1v) is 6.65. The first-order valence-electron chi connectivity index (χ1n) is 5.86. The summed E-state index contributed by atoms with van der Waals surface area (Å²) < 4.78 is 11.0. The Kier molecular flexibility index (Phi) is 3.03. The number of benzene rings is 2. The minimum absolute atomic E-state index is 0.193. The Labute approximate surface area is 118 Å². The highest BCUT2D eigenvalue weighted by molar-refractivity contribution is 9.10. The van der Waals surface area contributed by atoms with Gasteiger partial charge in [0, 0.05) is 10.9 Å². The number of furan rings is 1. The van der Waals surface area contributed by atoms with Crippen molar-refractivity contribution in [1.82, 2.24) is 0 Å². The van der Waals surface area contributed by atoms with Crippen molar-refractivity contribution in [2.24, 2.45) is 0 Å². The molecule has 1 aromatic heterocycles. The van der Waals surface area contributed by atoms with E-state index in [4.69, 9.17) is 9.15 Å². The lowest BCUT2D eigenvalue weighted by Gasteiger charge is -2.02. The van der Waals surface area contributed by atoms with Crippen LogP contribution in [-0.2, 0) is 16.0 Å². The topological polar surface area (TPSA) is 39.4 Å². The van der Waals surface area contributed by atoms with Crippen molar-refractivity contribution >= 4 is 43.6 Å². The van der Waals surface area contributed by atoms with E-state index in [1.165, 1.54) is 7.11 Å². The molecule has 3 aromatic rings. The summed E-state index contributed by atoms with van der Waals surface area (Å²) in [7, 11) is 1.39. The monoisotopic (exact) mass is 318 g/mol. The van der Waals surface area contributed by atoms with Crippen LogP contribution in [0.15, 0.2) is 45.5 Å². The van der Waals surface area contributed by atoms with Crippen LogP contribution < -0.4 is 0 Å². The Bertz CT molecular complexity index is 774. The molecule has 96 valence electrons. The zero-order chi connectivity index (χ0) is 13.4. The Morgan fingerprint density at radius 2 is 2.05 bits per heavy atom. The van der Waals surface area contributed by atoms with Gasteiger partial charge < -0.3 is 9.15 Å². The number of rotatable bonds is 2. The van der Waals surface area contributed by atoms with Gasteiger partial charge in [0.25, 0.3) is 0 Å². The molecule has 3 rings (SSSR count). The predicted octanol–water partition coefficient (Wildman–Crippen LogP) is 4.06. The number of esters is 1. The zero-order valence-corrected chi connectivity index (χ0v) is 11.9. The van der Waals surface area contributed by atoms with Gasteiger partial charge in [-0.25, -0.2) is 0 Å². The van der Waals surface area contributed by atoms with Crippen LogP contribution in [-0.4, -0.2) is 13.1 Å². The molecule has 0 saturated carbocycles. The fraction of sp³-hybridized carbons (Fsp3) is 0.133. The molecule has 19 heavy (non-hydrogen) atoms. The van der Waals surface area contributed by atoms with E-state index in [2.05, 4.69) is 15.9 Å². The van der Waals surface area contributed by atoms with E-state index in [1.807, 2.05) is 36.4 Å². The van der Waals surface area contributed by atoms with Gasteiger partial charge in [0.1, 0.15) is 5.58 Å². The molecule has 0 spiro atoms. The maximum Gasteiger partial charge on any atom is 0.310 e. The third-order valence-corrected chi connectivity index (χ3v) is 3.82. The van der Waals surface area contributed by atoms with E-state index in [9.17, 15) is 4.79 Å². The number of fused-ring (bicyclic) bond motifs is 3. The number of hydrogen-bond acceptors (Lipinski definition) is 3. The van der Waals surface area contributed by atoms with Gasteiger partial charge in [0.05, 0.1) is 13.5 Å². The standard InChI is InChI=1S/C15H11BrO3/c1-18-13(17)8-11-14-10-5-3-2-4-9(10)6-7-12(14)19-15(11)16/h2-7H,8H2,1H3. The van der Waals surface area contributed by atoms with Crippen molar-refractivity contribution < 1.29 is 13.9 Å². The van der Waals surface area contributed by atoms with Gasteiger partial charge in [-0.05, 0) is 32.8 Å². The summed E-state index contributed by atoms with van der Waals surface area (Å²) in [4.78, 5) is 11.5. The average molecular weight is 319 g/mol. The molecule has 0 aliphatic carbocycles. The lowest BCUT2D eigenvalue weighted by atomic mass is 10.0. The van der Waals surface area contributed by atoms with Crippen LogP contribution in [0.4, 0.5) is 0 Å². The molecular formula is C15H11BrO3. The second-order valence-electron chi connectivity index (χ2n) is 4.27. The fourth-order valence-corrected chi connectivity index (χ4v) is 2.79. The molecule has 0 aliphatic heterocycles. The second-order valence-corrected chi connectivity index (χ2v) is 4.99. The van der Waals surface area contributed by atoms with Crippen LogP contribution in [0.1, 0.15) is 5.56 Å². The molecule has 0 radical (unpaired) electrons. The summed E-state index contributed by atoms with van der Waals surface area (Å²) in [6.07, 6.45) is 0.193. The minimum Gasteiger partial charge on any atom is -0.469 e. The van der Waals surface area contributed by atoms with Crippen molar-refractivity contribution in [3.05, 3.63) is 46.6 Å².